The van der Waals surface area contributed by atoms with Crippen molar-refractivity contribution in [3.05, 3.63) is 34.4 Å². The highest BCUT2D eigenvalue weighted by Crippen LogP contribution is 2.22. The summed E-state index contributed by atoms with van der Waals surface area (Å²) < 4.78 is 30.8. The van der Waals surface area contributed by atoms with Crippen LogP contribution < -0.4 is 5.32 Å². The SMILES string of the molecule is CC(OC(=O)c1cc(F)c(F)cc1Cl)C(=O)NC1CC1. The molecule has 0 heterocycles. The highest BCUT2D eigenvalue weighted by atomic mass is 35.5. The number of ether oxygens (including phenoxy) is 1. The van der Waals surface area contributed by atoms with Crippen LogP contribution in [-0.4, -0.2) is 24.0 Å². The quantitative estimate of drug-likeness (QED) is 0.686. The number of halogens is 3. The molecular formula is C13H12ClF2NO3. The first-order valence-corrected chi connectivity index (χ1v) is 6.42. The van der Waals surface area contributed by atoms with Gasteiger partial charge in [0.25, 0.3) is 5.91 Å². The zero-order valence-electron chi connectivity index (χ0n) is 10.6. The molecule has 0 aromatic heterocycles. The molecule has 1 aromatic rings. The number of carbonyl (C=O) groups is 2. The van der Waals surface area contributed by atoms with Crippen LogP contribution in [0.5, 0.6) is 0 Å². The molecule has 0 saturated heterocycles. The van der Waals surface area contributed by atoms with Gasteiger partial charge < -0.3 is 10.1 Å². The molecule has 0 bridgehead atoms. The smallest absolute Gasteiger partial charge is 0.340 e. The van der Waals surface area contributed by atoms with E-state index in [0.29, 0.717) is 12.1 Å². The minimum absolute atomic E-state index is 0.135. The predicted octanol–water partition coefficient (Wildman–Crippen LogP) is 2.44. The average molecular weight is 304 g/mol. The summed E-state index contributed by atoms with van der Waals surface area (Å²) in [4.78, 5) is 23.4. The lowest BCUT2D eigenvalue weighted by Crippen LogP contribution is -2.37. The van der Waals surface area contributed by atoms with Crippen molar-refractivity contribution in [2.24, 2.45) is 0 Å². The number of benzene rings is 1. The molecule has 4 nitrogen and oxygen atoms in total. The standard InChI is InChI=1S/C13H12ClF2NO3/c1-6(12(18)17-7-2-3-7)20-13(19)8-4-10(15)11(16)5-9(8)14/h4-7H,2-3H2,1H3,(H,17,18). The van der Waals surface area contributed by atoms with E-state index in [2.05, 4.69) is 5.32 Å². The van der Waals surface area contributed by atoms with E-state index in [0.717, 1.165) is 12.8 Å². The third-order valence-electron chi connectivity index (χ3n) is 2.81. The van der Waals surface area contributed by atoms with Crippen LogP contribution in [0.25, 0.3) is 0 Å². The summed E-state index contributed by atoms with van der Waals surface area (Å²) in [5.74, 6) is -3.78. The van der Waals surface area contributed by atoms with Crippen molar-refractivity contribution in [3.8, 4) is 0 Å². The molecule has 0 radical (unpaired) electrons. The molecule has 0 spiro atoms. The molecule has 1 amide bonds. The van der Waals surface area contributed by atoms with Gasteiger partial charge in [-0.15, -0.1) is 0 Å². The summed E-state index contributed by atoms with van der Waals surface area (Å²) in [6.45, 7) is 1.39. The summed E-state index contributed by atoms with van der Waals surface area (Å²) in [6.07, 6.45) is 0.773. The fourth-order valence-electron chi connectivity index (χ4n) is 1.50. The Kier molecular flexibility index (Phi) is 4.23. The summed E-state index contributed by atoms with van der Waals surface area (Å²) in [5, 5.41) is 2.39. The van der Waals surface area contributed by atoms with Crippen molar-refractivity contribution >= 4 is 23.5 Å². The van der Waals surface area contributed by atoms with E-state index in [9.17, 15) is 18.4 Å². The summed E-state index contributed by atoms with van der Waals surface area (Å²) in [5.41, 5.74) is -0.323. The van der Waals surface area contributed by atoms with Gasteiger partial charge in [0.2, 0.25) is 0 Å². The molecule has 1 aliphatic rings. The van der Waals surface area contributed by atoms with Crippen LogP contribution in [0.1, 0.15) is 30.1 Å². The van der Waals surface area contributed by atoms with Gasteiger partial charge in [0.15, 0.2) is 17.7 Å². The van der Waals surface area contributed by atoms with E-state index in [-0.39, 0.29) is 16.6 Å². The monoisotopic (exact) mass is 303 g/mol. The second-order valence-electron chi connectivity index (χ2n) is 4.58. The lowest BCUT2D eigenvalue weighted by Gasteiger charge is -2.13. The van der Waals surface area contributed by atoms with E-state index < -0.39 is 29.6 Å². The van der Waals surface area contributed by atoms with Crippen LogP contribution in [0.15, 0.2) is 12.1 Å². The number of carbonyl (C=O) groups excluding carboxylic acids is 2. The molecular weight excluding hydrogens is 292 g/mol. The number of hydrogen-bond acceptors (Lipinski definition) is 3. The molecule has 1 atom stereocenters. The molecule has 1 unspecified atom stereocenters. The average Bonchev–Trinajstić information content (AvgIpc) is 3.17. The number of amides is 1. The van der Waals surface area contributed by atoms with Crippen LogP contribution in [0, 0.1) is 11.6 Å². The summed E-state index contributed by atoms with van der Waals surface area (Å²) >= 11 is 5.65. The number of nitrogens with one attached hydrogen (secondary N) is 1. The fourth-order valence-corrected chi connectivity index (χ4v) is 1.73. The first-order chi connectivity index (χ1) is 9.38. The minimum Gasteiger partial charge on any atom is -0.449 e. The van der Waals surface area contributed by atoms with E-state index in [1.165, 1.54) is 6.92 Å². The Balaban J connectivity index is 2.03. The Hall–Kier alpha value is -1.69. The number of esters is 1. The van der Waals surface area contributed by atoms with Crippen LogP contribution in [0.2, 0.25) is 5.02 Å². The van der Waals surface area contributed by atoms with E-state index in [4.69, 9.17) is 16.3 Å². The molecule has 108 valence electrons. The summed E-state index contributed by atoms with van der Waals surface area (Å²) in [6, 6.07) is 1.46. The Morgan fingerprint density at radius 3 is 2.55 bits per heavy atom. The zero-order chi connectivity index (χ0) is 14.9. The first-order valence-electron chi connectivity index (χ1n) is 6.04. The van der Waals surface area contributed by atoms with E-state index in [1.54, 1.807) is 0 Å². The van der Waals surface area contributed by atoms with Gasteiger partial charge in [-0.05, 0) is 31.9 Å². The van der Waals surface area contributed by atoms with Gasteiger partial charge in [-0.2, -0.15) is 0 Å². The van der Waals surface area contributed by atoms with Gasteiger partial charge in [-0.3, -0.25) is 4.79 Å². The van der Waals surface area contributed by atoms with Crippen molar-refractivity contribution in [1.82, 2.24) is 5.32 Å². The van der Waals surface area contributed by atoms with Crippen molar-refractivity contribution in [2.45, 2.75) is 31.9 Å². The largest absolute Gasteiger partial charge is 0.449 e. The second-order valence-corrected chi connectivity index (χ2v) is 4.98. The van der Waals surface area contributed by atoms with Crippen molar-refractivity contribution in [3.63, 3.8) is 0 Å². The molecule has 0 aliphatic heterocycles. The van der Waals surface area contributed by atoms with Crippen molar-refractivity contribution in [1.29, 1.82) is 0 Å². The molecule has 1 fully saturated rings. The Labute approximate surface area is 119 Å². The fraction of sp³-hybridized carbons (Fsp3) is 0.385. The molecule has 1 saturated carbocycles. The summed E-state index contributed by atoms with van der Waals surface area (Å²) in [7, 11) is 0. The topological polar surface area (TPSA) is 55.4 Å². The van der Waals surface area contributed by atoms with Crippen LogP contribution in [0.4, 0.5) is 8.78 Å². The highest BCUT2D eigenvalue weighted by Gasteiger charge is 2.28. The van der Waals surface area contributed by atoms with Gasteiger partial charge in [0.05, 0.1) is 10.6 Å². The van der Waals surface area contributed by atoms with E-state index in [1.807, 2.05) is 0 Å². The van der Waals surface area contributed by atoms with Crippen LogP contribution in [0.3, 0.4) is 0 Å². The molecule has 1 aromatic carbocycles. The lowest BCUT2D eigenvalue weighted by atomic mass is 10.2. The van der Waals surface area contributed by atoms with Crippen molar-refractivity contribution in [2.75, 3.05) is 0 Å². The first kappa shape index (κ1) is 14.7. The highest BCUT2D eigenvalue weighted by molar-refractivity contribution is 6.33. The molecule has 20 heavy (non-hydrogen) atoms. The Bertz CT molecular complexity index is 561. The number of rotatable bonds is 4. The minimum atomic E-state index is -1.21. The van der Waals surface area contributed by atoms with Gasteiger partial charge in [0.1, 0.15) is 0 Å². The van der Waals surface area contributed by atoms with Crippen LogP contribution >= 0.6 is 11.6 Å². The van der Waals surface area contributed by atoms with Crippen molar-refractivity contribution < 1.29 is 23.1 Å². The predicted molar refractivity (Wildman–Crippen MR) is 67.4 cm³/mol. The maximum absolute atomic E-state index is 13.1. The Morgan fingerprint density at radius 1 is 1.35 bits per heavy atom. The van der Waals surface area contributed by atoms with Crippen LogP contribution in [-0.2, 0) is 9.53 Å². The Morgan fingerprint density at radius 2 is 1.95 bits per heavy atom. The maximum Gasteiger partial charge on any atom is 0.340 e. The van der Waals surface area contributed by atoms with Gasteiger partial charge in [-0.1, -0.05) is 11.6 Å². The lowest BCUT2D eigenvalue weighted by molar-refractivity contribution is -0.129. The maximum atomic E-state index is 13.1. The zero-order valence-corrected chi connectivity index (χ0v) is 11.3. The third kappa shape index (κ3) is 3.45. The second kappa shape index (κ2) is 5.75. The molecule has 2 rings (SSSR count). The molecule has 1 aliphatic carbocycles. The van der Waals surface area contributed by atoms with Gasteiger partial charge in [-0.25, -0.2) is 13.6 Å². The van der Waals surface area contributed by atoms with Gasteiger partial charge in [0, 0.05) is 6.04 Å². The number of hydrogen-bond donors (Lipinski definition) is 1. The van der Waals surface area contributed by atoms with Gasteiger partial charge >= 0.3 is 5.97 Å². The third-order valence-corrected chi connectivity index (χ3v) is 3.12. The molecule has 7 heteroatoms. The normalized spacial score (nSPS) is 15.6. The molecule has 1 N–H and O–H groups in total. The van der Waals surface area contributed by atoms with E-state index >= 15 is 0 Å².